The van der Waals surface area contributed by atoms with E-state index in [1.165, 1.54) is 11.3 Å². The fourth-order valence-electron chi connectivity index (χ4n) is 3.80. The third kappa shape index (κ3) is 5.40. The number of halogens is 3. The Morgan fingerprint density at radius 3 is 2.48 bits per heavy atom. The summed E-state index contributed by atoms with van der Waals surface area (Å²) in [4.78, 5) is 17.1. The van der Waals surface area contributed by atoms with Gasteiger partial charge in [0.2, 0.25) is 5.91 Å². The minimum Gasteiger partial charge on any atom is -0.368 e. The number of piperazine rings is 1. The van der Waals surface area contributed by atoms with Gasteiger partial charge in [-0.1, -0.05) is 24.1 Å². The van der Waals surface area contributed by atoms with Gasteiger partial charge in [0.05, 0.1) is 0 Å². The van der Waals surface area contributed by atoms with E-state index in [1.807, 2.05) is 17.0 Å². The van der Waals surface area contributed by atoms with Crippen LogP contribution < -0.4 is 10.6 Å². The molecule has 1 aliphatic heterocycles. The van der Waals surface area contributed by atoms with Crippen molar-refractivity contribution < 1.29 is 4.79 Å². The van der Waals surface area contributed by atoms with E-state index < -0.39 is 0 Å². The SMILES string of the molecule is Cc1ccc(Cl)cc1N1CCN(C(=O)C2CCCC(N)C2)CC1.Cl.Cl. The monoisotopic (exact) mass is 407 g/mol. The van der Waals surface area contributed by atoms with Gasteiger partial charge in [-0.2, -0.15) is 0 Å². The number of nitrogens with zero attached hydrogens (tertiary/aromatic N) is 2. The lowest BCUT2D eigenvalue weighted by Gasteiger charge is -2.39. The fourth-order valence-corrected chi connectivity index (χ4v) is 3.97. The number of amides is 1. The van der Waals surface area contributed by atoms with Gasteiger partial charge in [0, 0.05) is 48.8 Å². The number of hydrogen-bond donors (Lipinski definition) is 1. The second-order valence-electron chi connectivity index (χ2n) is 6.87. The van der Waals surface area contributed by atoms with Crippen LogP contribution in [0.15, 0.2) is 18.2 Å². The Morgan fingerprint density at radius 1 is 1.16 bits per heavy atom. The number of hydrogen-bond acceptors (Lipinski definition) is 3. The summed E-state index contributed by atoms with van der Waals surface area (Å²) in [6.45, 7) is 5.41. The summed E-state index contributed by atoms with van der Waals surface area (Å²) in [6.07, 6.45) is 4.00. The van der Waals surface area contributed by atoms with Crippen molar-refractivity contribution in [1.82, 2.24) is 4.90 Å². The summed E-state index contributed by atoms with van der Waals surface area (Å²) < 4.78 is 0. The number of benzene rings is 1. The van der Waals surface area contributed by atoms with Gasteiger partial charge in [0.25, 0.3) is 0 Å². The van der Waals surface area contributed by atoms with E-state index in [1.54, 1.807) is 0 Å². The van der Waals surface area contributed by atoms with Crippen LogP contribution in [-0.4, -0.2) is 43.0 Å². The standard InChI is InChI=1S/C18H26ClN3O.2ClH/c1-13-5-6-15(19)12-17(13)21-7-9-22(10-8-21)18(23)14-3-2-4-16(20)11-14;;/h5-6,12,14,16H,2-4,7-11,20H2,1H3;2*1H. The Morgan fingerprint density at radius 2 is 1.84 bits per heavy atom. The number of carbonyl (C=O) groups excluding carboxylic acids is 1. The van der Waals surface area contributed by atoms with Gasteiger partial charge in [0.15, 0.2) is 0 Å². The van der Waals surface area contributed by atoms with E-state index >= 15 is 0 Å². The lowest BCUT2D eigenvalue weighted by Crippen LogP contribution is -2.51. The Balaban J connectivity index is 0.00000156. The first kappa shape index (κ1) is 22.4. The van der Waals surface area contributed by atoms with Crippen molar-refractivity contribution in [1.29, 1.82) is 0 Å². The zero-order chi connectivity index (χ0) is 16.4. The van der Waals surface area contributed by atoms with E-state index in [0.717, 1.165) is 56.9 Å². The molecular formula is C18H28Cl3N3O. The van der Waals surface area contributed by atoms with Crippen LogP contribution in [0.2, 0.25) is 5.02 Å². The fraction of sp³-hybridized carbons (Fsp3) is 0.611. The molecule has 2 N–H and O–H groups in total. The van der Waals surface area contributed by atoms with Crippen molar-refractivity contribution in [3.8, 4) is 0 Å². The Hall–Kier alpha value is -0.680. The summed E-state index contributed by atoms with van der Waals surface area (Å²) in [6, 6.07) is 6.20. The molecule has 1 aromatic rings. The van der Waals surface area contributed by atoms with Gasteiger partial charge < -0.3 is 15.5 Å². The Bertz CT molecular complexity index is 577. The first-order chi connectivity index (χ1) is 11.0. The van der Waals surface area contributed by atoms with Gasteiger partial charge in [-0.05, 0) is 43.9 Å². The first-order valence-electron chi connectivity index (χ1n) is 8.60. The highest BCUT2D eigenvalue weighted by molar-refractivity contribution is 6.30. The first-order valence-corrected chi connectivity index (χ1v) is 8.98. The lowest BCUT2D eigenvalue weighted by molar-refractivity contribution is -0.137. The molecule has 1 heterocycles. The number of rotatable bonds is 2. The zero-order valence-electron chi connectivity index (χ0n) is 14.6. The third-order valence-electron chi connectivity index (χ3n) is 5.17. The summed E-state index contributed by atoms with van der Waals surface area (Å²) in [5.74, 6) is 0.445. The number of aryl methyl sites for hydroxylation is 1. The molecule has 25 heavy (non-hydrogen) atoms. The van der Waals surface area contributed by atoms with Crippen molar-refractivity contribution in [3.05, 3.63) is 28.8 Å². The molecule has 0 aromatic heterocycles. The molecule has 1 amide bonds. The molecule has 0 bridgehead atoms. The van der Waals surface area contributed by atoms with Crippen LogP contribution in [0.3, 0.4) is 0 Å². The number of anilines is 1. The molecule has 1 saturated heterocycles. The highest BCUT2D eigenvalue weighted by Gasteiger charge is 2.30. The molecule has 7 heteroatoms. The quantitative estimate of drug-likeness (QED) is 0.812. The van der Waals surface area contributed by atoms with Crippen LogP contribution in [0.4, 0.5) is 5.69 Å². The lowest BCUT2D eigenvalue weighted by atomic mass is 9.85. The molecular weight excluding hydrogens is 381 g/mol. The highest BCUT2D eigenvalue weighted by Crippen LogP contribution is 2.28. The summed E-state index contributed by atoms with van der Waals surface area (Å²) in [5, 5.41) is 0.764. The molecule has 142 valence electrons. The number of carbonyl (C=O) groups is 1. The average Bonchev–Trinajstić information content (AvgIpc) is 2.56. The van der Waals surface area contributed by atoms with Crippen molar-refractivity contribution in [2.75, 3.05) is 31.1 Å². The molecule has 1 aliphatic carbocycles. The van der Waals surface area contributed by atoms with Crippen LogP contribution in [0, 0.1) is 12.8 Å². The predicted molar refractivity (Wildman–Crippen MR) is 109 cm³/mol. The molecule has 3 rings (SSSR count). The minimum atomic E-state index is 0. The normalized spacial score (nSPS) is 23.5. The van der Waals surface area contributed by atoms with Gasteiger partial charge >= 0.3 is 0 Å². The predicted octanol–water partition coefficient (Wildman–Crippen LogP) is 3.66. The third-order valence-corrected chi connectivity index (χ3v) is 5.40. The maximum absolute atomic E-state index is 12.7. The second kappa shape index (κ2) is 9.86. The van der Waals surface area contributed by atoms with Crippen molar-refractivity contribution in [3.63, 3.8) is 0 Å². The van der Waals surface area contributed by atoms with Crippen molar-refractivity contribution in [2.45, 2.75) is 38.6 Å². The number of nitrogens with two attached hydrogens (primary N) is 1. The van der Waals surface area contributed by atoms with Gasteiger partial charge in [-0.25, -0.2) is 0 Å². The molecule has 1 saturated carbocycles. The summed E-state index contributed by atoms with van der Waals surface area (Å²) in [5.41, 5.74) is 8.44. The Kier molecular flexibility index (Phi) is 8.82. The van der Waals surface area contributed by atoms with Crippen LogP contribution in [0.5, 0.6) is 0 Å². The van der Waals surface area contributed by atoms with E-state index in [9.17, 15) is 4.79 Å². The largest absolute Gasteiger partial charge is 0.368 e. The van der Waals surface area contributed by atoms with Crippen LogP contribution in [0.1, 0.15) is 31.2 Å². The molecule has 2 atom stereocenters. The van der Waals surface area contributed by atoms with Gasteiger partial charge in [-0.3, -0.25) is 4.79 Å². The van der Waals surface area contributed by atoms with E-state index in [2.05, 4.69) is 17.9 Å². The van der Waals surface area contributed by atoms with Crippen molar-refractivity contribution >= 4 is 48.0 Å². The second-order valence-corrected chi connectivity index (χ2v) is 7.30. The van der Waals surface area contributed by atoms with E-state index in [4.69, 9.17) is 17.3 Å². The molecule has 0 spiro atoms. The van der Waals surface area contributed by atoms with Gasteiger partial charge in [-0.15, -0.1) is 24.8 Å². The topological polar surface area (TPSA) is 49.6 Å². The van der Waals surface area contributed by atoms with Crippen molar-refractivity contribution in [2.24, 2.45) is 11.7 Å². The molecule has 1 aromatic carbocycles. The molecule has 2 unspecified atom stereocenters. The Labute approximate surface area is 167 Å². The smallest absolute Gasteiger partial charge is 0.225 e. The summed E-state index contributed by atoms with van der Waals surface area (Å²) in [7, 11) is 0. The van der Waals surface area contributed by atoms with Crippen LogP contribution in [0.25, 0.3) is 0 Å². The van der Waals surface area contributed by atoms with E-state index in [0.29, 0.717) is 5.91 Å². The minimum absolute atomic E-state index is 0. The van der Waals surface area contributed by atoms with E-state index in [-0.39, 0.29) is 36.8 Å². The van der Waals surface area contributed by atoms with Gasteiger partial charge in [0.1, 0.15) is 0 Å². The maximum Gasteiger partial charge on any atom is 0.225 e. The molecule has 0 radical (unpaired) electrons. The molecule has 4 nitrogen and oxygen atoms in total. The zero-order valence-corrected chi connectivity index (χ0v) is 17.0. The molecule has 2 fully saturated rings. The molecule has 2 aliphatic rings. The average molecular weight is 409 g/mol. The van der Waals surface area contributed by atoms with Crippen LogP contribution in [-0.2, 0) is 4.79 Å². The maximum atomic E-state index is 12.7. The van der Waals surface area contributed by atoms with Crippen LogP contribution >= 0.6 is 36.4 Å². The highest BCUT2D eigenvalue weighted by atomic mass is 35.5. The summed E-state index contributed by atoms with van der Waals surface area (Å²) >= 11 is 6.13.